The van der Waals surface area contributed by atoms with Gasteiger partial charge in [0.05, 0.1) is 9.80 Å². The molecule has 1 saturated heterocycles. The maximum atomic E-state index is 13.1. The number of carbonyl (C=O) groups is 1. The molecule has 2 aliphatic heterocycles. The van der Waals surface area contributed by atoms with Crippen molar-refractivity contribution in [2.24, 2.45) is 4.40 Å². The predicted octanol–water partition coefficient (Wildman–Crippen LogP) is 4.03. The quantitative estimate of drug-likeness (QED) is 0.586. The van der Waals surface area contributed by atoms with E-state index in [0.29, 0.717) is 22.0 Å². The van der Waals surface area contributed by atoms with Gasteiger partial charge in [-0.1, -0.05) is 54.6 Å². The summed E-state index contributed by atoms with van der Waals surface area (Å²) in [4.78, 5) is 12.8. The van der Waals surface area contributed by atoms with Gasteiger partial charge >= 0.3 is 0 Å². The predicted molar refractivity (Wildman–Crippen MR) is 123 cm³/mol. The van der Waals surface area contributed by atoms with Crippen molar-refractivity contribution < 1.29 is 22.7 Å². The summed E-state index contributed by atoms with van der Waals surface area (Å²) in [6.45, 7) is 0.156. The second kappa shape index (κ2) is 8.18. The van der Waals surface area contributed by atoms with Crippen LogP contribution in [0.3, 0.4) is 0 Å². The van der Waals surface area contributed by atoms with Crippen LogP contribution in [0.15, 0.2) is 87.0 Å². The molecule has 3 aromatic rings. The minimum atomic E-state index is -4.06. The average Bonchev–Trinajstić information content (AvgIpc) is 3.40. The molecule has 1 amide bonds. The van der Waals surface area contributed by atoms with Gasteiger partial charge < -0.3 is 9.47 Å². The smallest absolute Gasteiger partial charge is 0.285 e. The summed E-state index contributed by atoms with van der Waals surface area (Å²) in [6, 6.07) is 21.2. The van der Waals surface area contributed by atoms with Crippen LogP contribution in [0.4, 0.5) is 0 Å². The Morgan fingerprint density at radius 3 is 2.53 bits per heavy atom. The molecule has 1 fully saturated rings. The summed E-state index contributed by atoms with van der Waals surface area (Å²) in [5.74, 6) is 0.816. The zero-order valence-corrected chi connectivity index (χ0v) is 18.2. The van der Waals surface area contributed by atoms with Crippen LogP contribution < -0.4 is 14.8 Å². The van der Waals surface area contributed by atoms with Crippen molar-refractivity contribution in [3.05, 3.63) is 83.3 Å². The molecule has 0 spiro atoms. The van der Waals surface area contributed by atoms with E-state index in [-0.39, 0.29) is 16.9 Å². The molecule has 2 heterocycles. The Kier molecular flexibility index (Phi) is 5.20. The van der Waals surface area contributed by atoms with E-state index < -0.39 is 15.9 Å². The van der Waals surface area contributed by atoms with E-state index in [2.05, 4.69) is 9.71 Å². The molecule has 0 bridgehead atoms. The van der Waals surface area contributed by atoms with Crippen LogP contribution in [0.1, 0.15) is 5.56 Å². The maximum absolute atomic E-state index is 13.1. The number of hydrogen-bond donors (Lipinski definition) is 1. The molecule has 0 aliphatic carbocycles. The van der Waals surface area contributed by atoms with Gasteiger partial charge in [0.25, 0.3) is 15.9 Å². The van der Waals surface area contributed by atoms with Gasteiger partial charge in [0.1, 0.15) is 0 Å². The van der Waals surface area contributed by atoms with E-state index in [9.17, 15) is 13.2 Å². The summed E-state index contributed by atoms with van der Waals surface area (Å²) in [5.41, 5.74) is 2.03. The highest BCUT2D eigenvalue weighted by molar-refractivity contribution is 8.19. The lowest BCUT2D eigenvalue weighted by Crippen LogP contribution is -2.21. The molecule has 0 radical (unpaired) electrons. The van der Waals surface area contributed by atoms with Gasteiger partial charge in [0, 0.05) is 5.56 Å². The van der Waals surface area contributed by atoms with Gasteiger partial charge in [-0.3, -0.25) is 10.1 Å². The number of nitrogens with zero attached hydrogens (tertiary/aromatic N) is 1. The average molecular weight is 465 g/mol. The molecule has 0 saturated carbocycles. The highest BCUT2D eigenvalue weighted by Gasteiger charge is 2.28. The first-order chi connectivity index (χ1) is 15.5. The molecule has 5 rings (SSSR count). The van der Waals surface area contributed by atoms with Gasteiger partial charge in [-0.15, -0.1) is 4.40 Å². The summed E-state index contributed by atoms with van der Waals surface area (Å²) >= 11 is 0.969. The largest absolute Gasteiger partial charge is 0.454 e. The van der Waals surface area contributed by atoms with Gasteiger partial charge in [0.15, 0.2) is 16.7 Å². The third-order valence-electron chi connectivity index (χ3n) is 4.80. The molecule has 0 unspecified atom stereocenters. The van der Waals surface area contributed by atoms with E-state index in [0.717, 1.165) is 22.9 Å². The number of nitrogens with one attached hydrogen (secondary N) is 1. The number of ether oxygens (including phenoxy) is 2. The van der Waals surface area contributed by atoms with Crippen molar-refractivity contribution in [1.82, 2.24) is 5.32 Å². The second-order valence-corrected chi connectivity index (χ2v) is 9.51. The second-order valence-electron chi connectivity index (χ2n) is 6.91. The van der Waals surface area contributed by atoms with Crippen LogP contribution in [0.5, 0.6) is 11.5 Å². The normalized spacial score (nSPS) is 17.7. The van der Waals surface area contributed by atoms with E-state index >= 15 is 0 Å². The van der Waals surface area contributed by atoms with Gasteiger partial charge in [-0.05, 0) is 47.2 Å². The Labute approximate surface area is 188 Å². The van der Waals surface area contributed by atoms with E-state index in [1.54, 1.807) is 42.5 Å². The van der Waals surface area contributed by atoms with Crippen LogP contribution in [0, 0.1) is 0 Å². The highest BCUT2D eigenvalue weighted by atomic mass is 32.2. The fourth-order valence-electron chi connectivity index (χ4n) is 3.33. The molecule has 2 aliphatic rings. The van der Waals surface area contributed by atoms with E-state index in [1.165, 1.54) is 6.07 Å². The summed E-state index contributed by atoms with van der Waals surface area (Å²) in [6.07, 6.45) is 1.65. The first-order valence-corrected chi connectivity index (χ1v) is 11.9. The Bertz CT molecular complexity index is 1380. The number of fused-ring (bicyclic) bond motifs is 1. The Morgan fingerprint density at radius 1 is 0.938 bits per heavy atom. The van der Waals surface area contributed by atoms with Crippen molar-refractivity contribution in [1.29, 1.82) is 0 Å². The zero-order valence-electron chi connectivity index (χ0n) is 16.5. The van der Waals surface area contributed by atoms with Crippen LogP contribution in [-0.4, -0.2) is 26.3 Å². The highest BCUT2D eigenvalue weighted by Crippen LogP contribution is 2.35. The van der Waals surface area contributed by atoms with Gasteiger partial charge in [0.2, 0.25) is 6.79 Å². The van der Waals surface area contributed by atoms with Gasteiger partial charge in [-0.2, -0.15) is 8.42 Å². The van der Waals surface area contributed by atoms with Gasteiger partial charge in [-0.25, -0.2) is 0 Å². The minimum Gasteiger partial charge on any atom is -0.454 e. The molecule has 7 nitrogen and oxygen atoms in total. The molecule has 3 aromatic carbocycles. The third kappa shape index (κ3) is 4.00. The first-order valence-electron chi connectivity index (χ1n) is 9.60. The van der Waals surface area contributed by atoms with Crippen molar-refractivity contribution in [2.45, 2.75) is 4.90 Å². The molecule has 1 N–H and O–H groups in total. The molecule has 0 atom stereocenters. The number of amides is 1. The lowest BCUT2D eigenvalue weighted by molar-refractivity contribution is -0.115. The van der Waals surface area contributed by atoms with Crippen molar-refractivity contribution >= 4 is 38.9 Å². The zero-order chi connectivity index (χ0) is 22.1. The SMILES string of the molecule is O=C1N/C(=N\S(=O)(=O)c2ccccc2-c2ccccc2)S/C1=C\c1ccc2c(c1)OCO2. The number of rotatable bonds is 4. The molecular formula is C23H16N2O5S2. The third-order valence-corrected chi connectivity index (χ3v) is 7.16. The number of amidine groups is 1. The topological polar surface area (TPSA) is 94.1 Å². The Hall–Kier alpha value is -3.56. The lowest BCUT2D eigenvalue weighted by atomic mass is 10.1. The van der Waals surface area contributed by atoms with Crippen LogP contribution in [-0.2, 0) is 14.8 Å². The van der Waals surface area contributed by atoms with Crippen LogP contribution in [0.2, 0.25) is 0 Å². The number of hydrogen-bond acceptors (Lipinski definition) is 6. The molecule has 9 heteroatoms. The Morgan fingerprint density at radius 2 is 1.69 bits per heavy atom. The lowest BCUT2D eigenvalue weighted by Gasteiger charge is -2.08. The van der Waals surface area contributed by atoms with Crippen LogP contribution >= 0.6 is 11.8 Å². The molecular weight excluding hydrogens is 448 g/mol. The van der Waals surface area contributed by atoms with Crippen LogP contribution in [0.25, 0.3) is 17.2 Å². The van der Waals surface area contributed by atoms with Crippen molar-refractivity contribution in [2.75, 3.05) is 6.79 Å². The number of carbonyl (C=O) groups excluding carboxylic acids is 1. The van der Waals surface area contributed by atoms with E-state index in [1.807, 2.05) is 30.3 Å². The van der Waals surface area contributed by atoms with E-state index in [4.69, 9.17) is 9.47 Å². The molecule has 160 valence electrons. The standard InChI is InChI=1S/C23H16N2O5S2/c26-22-20(13-15-10-11-18-19(12-15)30-14-29-18)31-23(24-22)25-32(27,28)21-9-5-4-8-17(21)16-6-2-1-3-7-16/h1-13H,14H2,(H,24,25,26)/b20-13-. The number of thioether (sulfide) groups is 1. The van der Waals surface area contributed by atoms with Crippen molar-refractivity contribution in [3.8, 4) is 22.6 Å². The first kappa shape index (κ1) is 20.3. The fourth-order valence-corrected chi connectivity index (χ4v) is 5.54. The summed E-state index contributed by atoms with van der Waals surface area (Å²) < 4.78 is 40.7. The summed E-state index contributed by atoms with van der Waals surface area (Å²) in [5, 5.41) is 2.54. The summed E-state index contributed by atoms with van der Waals surface area (Å²) in [7, 11) is -4.06. The fraction of sp³-hybridized carbons (Fsp3) is 0.0435. The molecule has 0 aromatic heterocycles. The molecule has 32 heavy (non-hydrogen) atoms. The minimum absolute atomic E-state index is 0.00450. The number of sulfonamides is 1. The monoisotopic (exact) mass is 464 g/mol. The maximum Gasteiger partial charge on any atom is 0.285 e. The number of benzene rings is 3. The van der Waals surface area contributed by atoms with Crippen molar-refractivity contribution in [3.63, 3.8) is 0 Å². The Balaban J connectivity index is 1.44.